The van der Waals surface area contributed by atoms with Crippen molar-refractivity contribution >= 4 is 164 Å². The summed E-state index contributed by atoms with van der Waals surface area (Å²) in [5.74, 6) is -5.41. The van der Waals surface area contributed by atoms with E-state index in [2.05, 4.69) is 4.74 Å². The van der Waals surface area contributed by atoms with Crippen LogP contribution in [-0.2, 0) is 29.1 Å². The third-order valence-corrected chi connectivity index (χ3v) is 13.5. The second kappa shape index (κ2) is 16.2. The fourth-order valence-corrected chi connectivity index (χ4v) is 8.51. The number of hydrogen-bond acceptors (Lipinski definition) is 8. The highest BCUT2D eigenvalue weighted by atomic mass is 127. The monoisotopic (exact) mass is 1290 g/mol. The van der Waals surface area contributed by atoms with Crippen LogP contribution in [-0.4, -0.2) is 62.1 Å². The van der Waals surface area contributed by atoms with Crippen LogP contribution in [0.2, 0.25) is 0 Å². The van der Waals surface area contributed by atoms with Gasteiger partial charge >= 0.3 is 24.1 Å². The Hall–Kier alpha value is 0.930. The molecule has 1 N–H and O–H groups in total. The molecular weight excluding hydrogens is 1270 g/mol. The first-order chi connectivity index (χ1) is 19.2. The number of benzene rings is 2. The molecule has 0 heterocycles. The van der Waals surface area contributed by atoms with Crippen molar-refractivity contribution in [2.24, 2.45) is 5.41 Å². The smallest absolute Gasteiger partial charge is 0.426 e. The minimum atomic E-state index is -5.38. The van der Waals surface area contributed by atoms with Gasteiger partial charge in [0.25, 0.3) is 10.1 Å². The summed E-state index contributed by atoms with van der Waals surface area (Å²) in [7, 11) is -5.23. The molecule has 232 valence electrons. The maximum atomic E-state index is 13.6. The zero-order valence-corrected chi connectivity index (χ0v) is 34.5. The lowest BCUT2D eigenvalue weighted by atomic mass is 9.86. The van der Waals surface area contributed by atoms with Gasteiger partial charge in [-0.25, -0.2) is 9.59 Å². The summed E-state index contributed by atoms with van der Waals surface area (Å²) in [6.07, 6.45) is -8.96. The van der Waals surface area contributed by atoms with E-state index in [1.807, 2.05) is 136 Å². The molecule has 0 amide bonds. The van der Waals surface area contributed by atoms with Crippen LogP contribution in [0.1, 0.15) is 34.1 Å². The highest BCUT2D eigenvalue weighted by Crippen LogP contribution is 2.33. The summed E-state index contributed by atoms with van der Waals surface area (Å²) < 4.78 is 91.4. The molecule has 0 aliphatic heterocycles. The molecule has 9 nitrogen and oxygen atoms in total. The molecule has 0 saturated carbocycles. The second-order valence-electron chi connectivity index (χ2n) is 8.47. The van der Waals surface area contributed by atoms with Gasteiger partial charge < -0.3 is 14.2 Å². The lowest BCUT2D eigenvalue weighted by molar-refractivity contribution is -0.223. The molecule has 2 aromatic rings. The van der Waals surface area contributed by atoms with Crippen molar-refractivity contribution in [3.05, 3.63) is 56.8 Å². The molecule has 2 rings (SSSR count). The van der Waals surface area contributed by atoms with Crippen LogP contribution in [0.15, 0.2) is 24.3 Å². The van der Waals surface area contributed by atoms with E-state index in [1.165, 1.54) is 19.1 Å². The molecule has 0 spiro atoms. The van der Waals surface area contributed by atoms with Crippen molar-refractivity contribution in [2.45, 2.75) is 25.6 Å². The summed E-state index contributed by atoms with van der Waals surface area (Å²) in [5.41, 5.74) is -1.91. The molecule has 1 atom stereocenters. The van der Waals surface area contributed by atoms with Crippen molar-refractivity contribution in [1.29, 1.82) is 0 Å². The van der Waals surface area contributed by atoms with Crippen molar-refractivity contribution in [3.63, 3.8) is 0 Å². The van der Waals surface area contributed by atoms with Crippen molar-refractivity contribution in [1.82, 2.24) is 0 Å². The average molecular weight is 1290 g/mol. The normalized spacial score (nSPS) is 12.9. The van der Waals surface area contributed by atoms with E-state index in [-0.39, 0.29) is 17.5 Å². The highest BCUT2D eigenvalue weighted by molar-refractivity contribution is 14.1. The van der Waals surface area contributed by atoms with Gasteiger partial charge in [-0.05, 0) is 166 Å². The molecular formula is C23H17F3I6O9S. The van der Waals surface area contributed by atoms with Gasteiger partial charge in [0.2, 0.25) is 6.10 Å². The van der Waals surface area contributed by atoms with E-state index in [0.29, 0.717) is 14.3 Å². The van der Waals surface area contributed by atoms with Crippen LogP contribution in [0.3, 0.4) is 0 Å². The first kappa shape index (κ1) is 39.1. The standard InChI is InChI=1S/C23H17F3I6O9S/c1-2-22(21(35)41-16(23(24,25)26)7-42(36,37)38,8-39-19(33)12-3-10(27)5-14(29)17(12)31)9-40-20(34)13-4-11(28)6-15(30)18(13)32/h3-6,16H,2,7-9H2,1H3,(H,36,37,38). The Morgan fingerprint density at radius 3 is 1.57 bits per heavy atom. The Bertz CT molecular complexity index is 1410. The average Bonchev–Trinajstić information content (AvgIpc) is 2.86. The van der Waals surface area contributed by atoms with E-state index in [9.17, 15) is 36.0 Å². The quantitative estimate of drug-likeness (QED) is 0.0824. The van der Waals surface area contributed by atoms with Crippen LogP contribution < -0.4 is 0 Å². The van der Waals surface area contributed by atoms with Gasteiger partial charge in [-0.15, -0.1) is 0 Å². The van der Waals surface area contributed by atoms with Crippen molar-refractivity contribution < 1.29 is 54.7 Å². The van der Waals surface area contributed by atoms with E-state index in [4.69, 9.17) is 14.0 Å². The van der Waals surface area contributed by atoms with Gasteiger partial charge in [0.15, 0.2) is 0 Å². The Morgan fingerprint density at radius 1 is 0.833 bits per heavy atom. The van der Waals surface area contributed by atoms with E-state index in [0.717, 1.165) is 7.14 Å². The first-order valence-corrected chi connectivity index (χ1v) is 19.1. The predicted octanol–water partition coefficient (Wildman–Crippen LogP) is 7.09. The highest BCUT2D eigenvalue weighted by Gasteiger charge is 2.50. The molecule has 0 aliphatic carbocycles. The molecule has 0 saturated heterocycles. The molecule has 0 radical (unpaired) electrons. The van der Waals surface area contributed by atoms with Crippen LogP contribution in [0, 0.1) is 26.8 Å². The van der Waals surface area contributed by atoms with E-state index in [1.54, 1.807) is 12.1 Å². The number of halogens is 9. The van der Waals surface area contributed by atoms with Crippen LogP contribution in [0.4, 0.5) is 13.2 Å². The van der Waals surface area contributed by atoms with E-state index < -0.39 is 64.7 Å². The maximum absolute atomic E-state index is 13.6. The molecule has 0 aliphatic rings. The summed E-state index contributed by atoms with van der Waals surface area (Å²) in [6.45, 7) is -0.376. The zero-order chi connectivity index (χ0) is 32.2. The third kappa shape index (κ3) is 11.0. The van der Waals surface area contributed by atoms with Gasteiger partial charge in [-0.2, -0.15) is 21.6 Å². The first-order valence-electron chi connectivity index (χ1n) is 11.1. The van der Waals surface area contributed by atoms with Gasteiger partial charge in [-0.3, -0.25) is 9.35 Å². The maximum Gasteiger partial charge on any atom is 0.426 e. The second-order valence-corrected chi connectivity index (χ2v) is 16.9. The number of rotatable bonds is 11. The van der Waals surface area contributed by atoms with Crippen molar-refractivity contribution in [2.75, 3.05) is 19.0 Å². The molecule has 0 fully saturated rings. The predicted molar refractivity (Wildman–Crippen MR) is 195 cm³/mol. The lowest BCUT2D eigenvalue weighted by Gasteiger charge is -2.31. The fraction of sp³-hybridized carbons (Fsp3) is 0.348. The molecule has 2 aromatic carbocycles. The number of ether oxygens (including phenoxy) is 3. The Labute approximate surface area is 320 Å². The van der Waals surface area contributed by atoms with Crippen LogP contribution in [0.25, 0.3) is 0 Å². The zero-order valence-electron chi connectivity index (χ0n) is 20.7. The Morgan fingerprint density at radius 2 is 1.24 bits per heavy atom. The third-order valence-electron chi connectivity index (χ3n) is 5.47. The minimum absolute atomic E-state index is 0.129. The summed E-state index contributed by atoms with van der Waals surface area (Å²) in [5, 5.41) is 0. The Kier molecular flexibility index (Phi) is 15.0. The molecule has 42 heavy (non-hydrogen) atoms. The summed E-state index contributed by atoms with van der Waals surface area (Å²) in [4.78, 5) is 39.3. The SMILES string of the molecule is CCC(COC(=O)c1cc(I)cc(I)c1I)(COC(=O)c1cc(I)cc(I)c1I)C(=O)OC(CS(=O)(=O)O)C(F)(F)F. The van der Waals surface area contributed by atoms with Gasteiger partial charge in [0.05, 0.1) is 11.1 Å². The number of esters is 3. The number of hydrogen-bond donors (Lipinski definition) is 1. The van der Waals surface area contributed by atoms with Gasteiger partial charge in [0.1, 0.15) is 24.4 Å². The number of carbonyl (C=O) groups excluding carboxylic acids is 3. The molecule has 0 bridgehead atoms. The molecule has 1 unspecified atom stereocenters. The van der Waals surface area contributed by atoms with Gasteiger partial charge in [-0.1, -0.05) is 6.92 Å². The lowest BCUT2D eigenvalue weighted by Crippen LogP contribution is -2.48. The fourth-order valence-electron chi connectivity index (χ4n) is 3.12. The van der Waals surface area contributed by atoms with Crippen molar-refractivity contribution in [3.8, 4) is 0 Å². The minimum Gasteiger partial charge on any atom is -0.461 e. The topological polar surface area (TPSA) is 133 Å². The summed E-state index contributed by atoms with van der Waals surface area (Å²) in [6, 6.07) is 6.63. The van der Waals surface area contributed by atoms with Crippen LogP contribution >= 0.6 is 136 Å². The molecule has 19 heteroatoms. The molecule has 0 aromatic heterocycles. The summed E-state index contributed by atoms with van der Waals surface area (Å²) >= 11 is 11.8. The largest absolute Gasteiger partial charge is 0.461 e. The number of alkyl halides is 3. The van der Waals surface area contributed by atoms with Crippen LogP contribution in [0.5, 0.6) is 0 Å². The number of carbonyl (C=O) groups is 3. The van der Waals surface area contributed by atoms with Gasteiger partial charge in [0, 0.05) is 21.4 Å². The Balaban J connectivity index is 2.47. The van der Waals surface area contributed by atoms with E-state index >= 15 is 0 Å².